The topological polar surface area (TPSA) is 74.0 Å². The molecule has 0 fully saturated rings. The van der Waals surface area contributed by atoms with Crippen LogP contribution in [-0.4, -0.2) is 21.3 Å². The van der Waals surface area contributed by atoms with E-state index in [4.69, 9.17) is 0 Å². The van der Waals surface area contributed by atoms with Gasteiger partial charge >= 0.3 is 5.97 Å². The number of aryl methyl sites for hydroxylation is 1. The van der Waals surface area contributed by atoms with E-state index >= 15 is 0 Å². The average Bonchev–Trinajstić information content (AvgIpc) is 2.68. The van der Waals surface area contributed by atoms with Crippen LogP contribution in [0, 0.1) is 18.3 Å². The van der Waals surface area contributed by atoms with Crippen molar-refractivity contribution in [1.82, 2.24) is 4.98 Å². The molecule has 2 aromatic carbocycles. The third kappa shape index (κ3) is 4.18. The summed E-state index contributed by atoms with van der Waals surface area (Å²) in [7, 11) is 0. The molecule has 0 radical (unpaired) electrons. The van der Waals surface area contributed by atoms with E-state index in [2.05, 4.69) is 11.1 Å². The Morgan fingerprint density at radius 2 is 1.78 bits per heavy atom. The zero-order valence-electron chi connectivity index (χ0n) is 15.0. The maximum Gasteiger partial charge on any atom is 0.316 e. The number of hydrogen-bond donors (Lipinski definition) is 1. The number of hydrogen-bond acceptors (Lipinski definition) is 4. The van der Waals surface area contributed by atoms with E-state index in [9.17, 15) is 15.2 Å². The molecule has 3 rings (SSSR count). The second-order valence-corrected chi connectivity index (χ2v) is 7.51. The number of carboxylic acid groups (broad SMARTS) is 1. The lowest BCUT2D eigenvalue weighted by Crippen LogP contribution is -2.12. The van der Waals surface area contributed by atoms with Gasteiger partial charge in [-0.1, -0.05) is 71.9 Å². The van der Waals surface area contributed by atoms with E-state index in [0.29, 0.717) is 16.3 Å². The minimum absolute atomic E-state index is 0.400. The van der Waals surface area contributed by atoms with Crippen molar-refractivity contribution in [2.45, 2.75) is 24.1 Å². The number of nitrogens with zero attached hydrogens (tertiary/aromatic N) is 2. The predicted molar refractivity (Wildman–Crippen MR) is 108 cm³/mol. The Bertz CT molecular complexity index is 1010. The first kappa shape index (κ1) is 18.7. The normalized spacial score (nSPS) is 11.6. The Balaban J connectivity index is 2.22. The van der Waals surface area contributed by atoms with Gasteiger partial charge < -0.3 is 5.11 Å². The second kappa shape index (κ2) is 8.07. The Morgan fingerprint density at radius 3 is 2.37 bits per heavy atom. The van der Waals surface area contributed by atoms with Crippen LogP contribution in [0.3, 0.4) is 0 Å². The summed E-state index contributed by atoms with van der Waals surface area (Å²) in [6, 6.07) is 21.7. The summed E-state index contributed by atoms with van der Waals surface area (Å²) in [4.78, 5) is 15.9. The Morgan fingerprint density at radius 1 is 1.11 bits per heavy atom. The van der Waals surface area contributed by atoms with Crippen LogP contribution in [0.2, 0.25) is 0 Å². The third-order valence-corrected chi connectivity index (χ3v) is 5.24. The Kier molecular flexibility index (Phi) is 5.58. The van der Waals surface area contributed by atoms with Crippen molar-refractivity contribution in [2.75, 3.05) is 0 Å². The van der Waals surface area contributed by atoms with E-state index < -0.39 is 11.2 Å². The van der Waals surface area contributed by atoms with Gasteiger partial charge in [-0.05, 0) is 25.5 Å². The summed E-state index contributed by atoms with van der Waals surface area (Å²) >= 11 is 1.09. The van der Waals surface area contributed by atoms with Crippen LogP contribution in [0.25, 0.3) is 22.4 Å². The number of benzene rings is 2. The van der Waals surface area contributed by atoms with Crippen LogP contribution in [-0.2, 0) is 4.79 Å². The van der Waals surface area contributed by atoms with E-state index in [1.165, 1.54) is 0 Å². The molecule has 0 spiro atoms. The van der Waals surface area contributed by atoms with Crippen molar-refractivity contribution in [3.8, 4) is 28.5 Å². The van der Waals surface area contributed by atoms with Gasteiger partial charge in [0.2, 0.25) is 0 Å². The number of thioether (sulfide) groups is 1. The molecule has 0 aliphatic rings. The first-order valence-corrected chi connectivity index (χ1v) is 9.34. The summed E-state index contributed by atoms with van der Waals surface area (Å²) < 4.78 is 0. The number of carboxylic acids is 1. The van der Waals surface area contributed by atoms with Crippen LogP contribution in [0.5, 0.6) is 0 Å². The van der Waals surface area contributed by atoms with Gasteiger partial charge in [-0.3, -0.25) is 4.79 Å². The van der Waals surface area contributed by atoms with Crippen molar-refractivity contribution < 1.29 is 9.90 Å². The number of carbonyl (C=O) groups is 1. The van der Waals surface area contributed by atoms with Crippen molar-refractivity contribution in [3.05, 3.63) is 71.8 Å². The van der Waals surface area contributed by atoms with Gasteiger partial charge in [-0.15, -0.1) is 0 Å². The van der Waals surface area contributed by atoms with E-state index in [1.54, 1.807) is 6.92 Å². The monoisotopic (exact) mass is 374 g/mol. The lowest BCUT2D eigenvalue weighted by Gasteiger charge is -2.14. The molecule has 0 aliphatic heterocycles. The smallest absolute Gasteiger partial charge is 0.316 e. The van der Waals surface area contributed by atoms with Crippen molar-refractivity contribution in [3.63, 3.8) is 0 Å². The number of aliphatic carboxylic acids is 1. The van der Waals surface area contributed by atoms with Gasteiger partial charge in [-0.2, -0.15) is 5.26 Å². The fourth-order valence-corrected chi connectivity index (χ4v) is 3.51. The fraction of sp³-hybridized carbons (Fsp3) is 0.136. The molecular weight excluding hydrogens is 356 g/mol. The van der Waals surface area contributed by atoms with Crippen molar-refractivity contribution >= 4 is 17.7 Å². The summed E-state index contributed by atoms with van der Waals surface area (Å²) in [5.41, 5.74) is 4.82. The van der Waals surface area contributed by atoms with Crippen LogP contribution in [0.1, 0.15) is 18.1 Å². The van der Waals surface area contributed by atoms with Gasteiger partial charge in [0.05, 0.1) is 11.3 Å². The van der Waals surface area contributed by atoms with E-state index in [1.807, 2.05) is 67.6 Å². The molecule has 0 saturated heterocycles. The van der Waals surface area contributed by atoms with Gasteiger partial charge in [-0.25, -0.2) is 4.98 Å². The number of rotatable bonds is 5. The molecule has 27 heavy (non-hydrogen) atoms. The zero-order valence-corrected chi connectivity index (χ0v) is 15.8. The molecule has 1 aromatic heterocycles. The fourth-order valence-electron chi connectivity index (χ4n) is 2.65. The highest BCUT2D eigenvalue weighted by atomic mass is 32.2. The van der Waals surface area contributed by atoms with Crippen LogP contribution >= 0.6 is 11.8 Å². The number of pyridine rings is 1. The molecule has 0 amide bonds. The molecule has 0 saturated carbocycles. The van der Waals surface area contributed by atoms with Gasteiger partial charge in [0, 0.05) is 11.1 Å². The second-order valence-electron chi connectivity index (χ2n) is 6.18. The predicted octanol–water partition coefficient (Wildman–Crippen LogP) is 5.16. The van der Waals surface area contributed by atoms with E-state index in [-0.39, 0.29) is 0 Å². The SMILES string of the molecule is Cc1ccc(-c2cc(-c3ccccc3)nc(SC(C)C(=O)O)c2C#N)cc1. The molecule has 0 aliphatic carbocycles. The van der Waals surface area contributed by atoms with Crippen LogP contribution in [0.15, 0.2) is 65.7 Å². The minimum Gasteiger partial charge on any atom is -0.480 e. The molecule has 1 heterocycles. The Hall–Kier alpha value is -3.10. The lowest BCUT2D eigenvalue weighted by atomic mass is 9.98. The molecule has 4 nitrogen and oxygen atoms in total. The highest BCUT2D eigenvalue weighted by Gasteiger charge is 2.20. The van der Waals surface area contributed by atoms with Crippen molar-refractivity contribution in [1.29, 1.82) is 5.26 Å². The van der Waals surface area contributed by atoms with Gasteiger partial charge in [0.1, 0.15) is 16.3 Å². The first-order chi connectivity index (χ1) is 13.0. The summed E-state index contributed by atoms with van der Waals surface area (Å²) in [5.74, 6) is -0.937. The maximum absolute atomic E-state index is 11.3. The average molecular weight is 374 g/mol. The molecule has 1 unspecified atom stereocenters. The van der Waals surface area contributed by atoms with Gasteiger partial charge in [0.25, 0.3) is 0 Å². The Labute approximate surface area is 162 Å². The zero-order chi connectivity index (χ0) is 19.4. The lowest BCUT2D eigenvalue weighted by molar-refractivity contribution is -0.136. The maximum atomic E-state index is 11.3. The standard InChI is InChI=1S/C22H18N2O2S/c1-14-8-10-16(11-9-14)18-12-20(17-6-4-3-5-7-17)24-21(19(18)13-23)27-15(2)22(25)26/h3-12,15H,1-2H3,(H,25,26). The van der Waals surface area contributed by atoms with Crippen molar-refractivity contribution in [2.24, 2.45) is 0 Å². The van der Waals surface area contributed by atoms with Crippen LogP contribution < -0.4 is 0 Å². The summed E-state index contributed by atoms with van der Waals surface area (Å²) in [6.07, 6.45) is 0. The highest BCUT2D eigenvalue weighted by Crippen LogP contribution is 2.35. The van der Waals surface area contributed by atoms with Gasteiger partial charge in [0.15, 0.2) is 0 Å². The number of nitriles is 1. The molecule has 134 valence electrons. The minimum atomic E-state index is -0.937. The largest absolute Gasteiger partial charge is 0.480 e. The summed E-state index contributed by atoms with van der Waals surface area (Å²) in [6.45, 7) is 3.60. The summed E-state index contributed by atoms with van der Waals surface area (Å²) in [5, 5.41) is 18.8. The molecular formula is C22H18N2O2S. The highest BCUT2D eigenvalue weighted by molar-refractivity contribution is 8.00. The molecule has 1 atom stereocenters. The molecule has 5 heteroatoms. The number of aromatic nitrogens is 1. The molecule has 3 aromatic rings. The first-order valence-electron chi connectivity index (χ1n) is 8.46. The van der Waals surface area contributed by atoms with Crippen LogP contribution in [0.4, 0.5) is 0 Å². The molecule has 1 N–H and O–H groups in total. The van der Waals surface area contributed by atoms with E-state index in [0.717, 1.165) is 34.0 Å². The third-order valence-electron chi connectivity index (χ3n) is 4.17. The quantitative estimate of drug-likeness (QED) is 0.624. The molecule has 0 bridgehead atoms.